The van der Waals surface area contributed by atoms with Gasteiger partial charge in [-0.1, -0.05) is 24.6 Å². The van der Waals surface area contributed by atoms with Crippen LogP contribution in [0.15, 0.2) is 9.82 Å². The number of ether oxygens (including phenoxy) is 1. The maximum Gasteiger partial charge on any atom is 0.346 e. The van der Waals surface area contributed by atoms with Gasteiger partial charge in [-0.15, -0.1) is 0 Å². The fourth-order valence-corrected chi connectivity index (χ4v) is 3.46. The average molecular weight is 339 g/mol. The van der Waals surface area contributed by atoms with Gasteiger partial charge >= 0.3 is 11.7 Å². The van der Waals surface area contributed by atoms with Crippen LogP contribution in [0.25, 0.3) is 0 Å². The Morgan fingerprint density at radius 1 is 1.39 bits per heavy atom. The number of thioether (sulfide) groups is 1. The molecule has 1 amide bonds. The third-order valence-corrected chi connectivity index (χ3v) is 4.60. The van der Waals surface area contributed by atoms with Crippen molar-refractivity contribution in [1.82, 2.24) is 15.3 Å². The lowest BCUT2D eigenvalue weighted by Gasteiger charge is -2.12. The molecular weight excluding hydrogens is 318 g/mol. The Bertz CT molecular complexity index is 638. The minimum Gasteiger partial charge on any atom is -0.462 e. The highest BCUT2D eigenvalue weighted by Gasteiger charge is 2.21. The van der Waals surface area contributed by atoms with Crippen molar-refractivity contribution < 1.29 is 14.3 Å². The quantitative estimate of drug-likeness (QED) is 0.462. The Labute approximate surface area is 138 Å². The van der Waals surface area contributed by atoms with E-state index in [0.717, 1.165) is 37.4 Å². The Hall–Kier alpha value is -1.83. The molecule has 1 aromatic heterocycles. The standard InChI is InChI=1S/C15H21N3O4S/c1-3-22-14(20)12-9(2)16-15(21)18-13(12)23-8-11(19)17-10-6-4-5-7-10/h10H,3-8H2,1-2H3,(H,17,19)(H,16,18,21). The van der Waals surface area contributed by atoms with Gasteiger partial charge in [-0.2, -0.15) is 4.98 Å². The van der Waals surface area contributed by atoms with E-state index >= 15 is 0 Å². The van der Waals surface area contributed by atoms with Crippen molar-refractivity contribution >= 4 is 23.6 Å². The Morgan fingerprint density at radius 3 is 2.74 bits per heavy atom. The third kappa shape index (κ3) is 4.82. The molecule has 1 heterocycles. The van der Waals surface area contributed by atoms with E-state index in [2.05, 4.69) is 15.3 Å². The number of rotatable bonds is 6. The molecule has 0 atom stereocenters. The number of aromatic amines is 1. The van der Waals surface area contributed by atoms with Crippen molar-refractivity contribution in [2.75, 3.05) is 12.4 Å². The van der Waals surface area contributed by atoms with Crippen molar-refractivity contribution in [1.29, 1.82) is 0 Å². The highest BCUT2D eigenvalue weighted by Crippen LogP contribution is 2.22. The number of nitrogens with one attached hydrogen (secondary N) is 2. The number of hydrogen-bond donors (Lipinski definition) is 2. The summed E-state index contributed by atoms with van der Waals surface area (Å²) in [5.41, 5.74) is 0.0570. The van der Waals surface area contributed by atoms with Crippen LogP contribution in [-0.2, 0) is 9.53 Å². The summed E-state index contributed by atoms with van der Waals surface area (Å²) >= 11 is 1.08. The van der Waals surface area contributed by atoms with E-state index in [1.807, 2.05) is 0 Å². The zero-order valence-corrected chi connectivity index (χ0v) is 14.1. The zero-order chi connectivity index (χ0) is 16.8. The molecule has 0 unspecified atom stereocenters. The van der Waals surface area contributed by atoms with E-state index in [0.29, 0.717) is 5.69 Å². The topological polar surface area (TPSA) is 101 Å². The van der Waals surface area contributed by atoms with Gasteiger partial charge in [-0.3, -0.25) is 4.79 Å². The van der Waals surface area contributed by atoms with Crippen LogP contribution in [-0.4, -0.2) is 40.2 Å². The Morgan fingerprint density at radius 2 is 2.09 bits per heavy atom. The van der Waals surface area contributed by atoms with Crippen LogP contribution in [0.2, 0.25) is 0 Å². The molecule has 0 aliphatic heterocycles. The van der Waals surface area contributed by atoms with Crippen LogP contribution in [0.4, 0.5) is 0 Å². The molecule has 7 nitrogen and oxygen atoms in total. The molecule has 0 saturated heterocycles. The van der Waals surface area contributed by atoms with E-state index in [9.17, 15) is 14.4 Å². The number of aromatic nitrogens is 2. The number of carbonyl (C=O) groups excluding carboxylic acids is 2. The second-order valence-electron chi connectivity index (χ2n) is 5.41. The first-order chi connectivity index (χ1) is 11.0. The lowest BCUT2D eigenvalue weighted by atomic mass is 10.2. The summed E-state index contributed by atoms with van der Waals surface area (Å²) in [5.74, 6) is -0.553. The molecule has 126 valence electrons. The van der Waals surface area contributed by atoms with Gasteiger partial charge in [0.25, 0.3) is 0 Å². The van der Waals surface area contributed by atoms with Crippen LogP contribution >= 0.6 is 11.8 Å². The van der Waals surface area contributed by atoms with Crippen molar-refractivity contribution in [3.8, 4) is 0 Å². The maximum absolute atomic E-state index is 12.0. The lowest BCUT2D eigenvalue weighted by molar-refractivity contribution is -0.119. The second kappa shape index (κ2) is 8.14. The molecule has 1 saturated carbocycles. The summed E-state index contributed by atoms with van der Waals surface area (Å²) in [4.78, 5) is 41.8. The van der Waals surface area contributed by atoms with Crippen molar-refractivity contribution in [2.24, 2.45) is 0 Å². The molecule has 1 aliphatic carbocycles. The number of carbonyl (C=O) groups is 2. The molecule has 1 fully saturated rings. The van der Waals surface area contributed by atoms with Gasteiger partial charge < -0.3 is 15.0 Å². The van der Waals surface area contributed by atoms with Crippen LogP contribution in [0.1, 0.15) is 48.7 Å². The first-order valence-electron chi connectivity index (χ1n) is 7.71. The first kappa shape index (κ1) is 17.5. The molecule has 23 heavy (non-hydrogen) atoms. The van der Waals surface area contributed by atoms with Gasteiger partial charge in [-0.05, 0) is 26.7 Å². The lowest BCUT2D eigenvalue weighted by Crippen LogP contribution is -2.34. The summed E-state index contributed by atoms with van der Waals surface area (Å²) < 4.78 is 4.99. The normalized spacial score (nSPS) is 14.7. The van der Waals surface area contributed by atoms with Crippen molar-refractivity contribution in [3.05, 3.63) is 21.7 Å². The molecule has 1 aromatic rings. The third-order valence-electron chi connectivity index (χ3n) is 3.63. The molecule has 0 aromatic carbocycles. The van der Waals surface area contributed by atoms with E-state index < -0.39 is 11.7 Å². The predicted octanol–water partition coefficient (Wildman–Crippen LogP) is 1.41. The van der Waals surface area contributed by atoms with E-state index in [4.69, 9.17) is 4.74 Å². The molecule has 0 radical (unpaired) electrons. The highest BCUT2D eigenvalue weighted by molar-refractivity contribution is 8.00. The number of H-pyrrole nitrogens is 1. The van der Waals surface area contributed by atoms with Gasteiger partial charge in [-0.25, -0.2) is 9.59 Å². The molecule has 2 N–H and O–H groups in total. The summed E-state index contributed by atoms with van der Waals surface area (Å²) in [6.07, 6.45) is 4.29. The van der Waals surface area contributed by atoms with Gasteiger partial charge in [0, 0.05) is 11.7 Å². The molecule has 0 bridgehead atoms. The number of esters is 1. The van der Waals surface area contributed by atoms with Crippen molar-refractivity contribution in [2.45, 2.75) is 50.6 Å². The molecule has 2 rings (SSSR count). The molecular formula is C15H21N3O4S. The van der Waals surface area contributed by atoms with Crippen molar-refractivity contribution in [3.63, 3.8) is 0 Å². The number of hydrogen-bond acceptors (Lipinski definition) is 6. The van der Waals surface area contributed by atoms with Crippen LogP contribution in [0.3, 0.4) is 0 Å². The summed E-state index contributed by atoms with van der Waals surface area (Å²) in [6.45, 7) is 3.54. The van der Waals surface area contributed by atoms with Gasteiger partial charge in [0.1, 0.15) is 10.6 Å². The molecule has 8 heteroatoms. The number of amides is 1. The minimum absolute atomic E-state index is 0.110. The molecule has 0 spiro atoms. The monoisotopic (exact) mass is 339 g/mol. The predicted molar refractivity (Wildman–Crippen MR) is 86.7 cm³/mol. The van der Waals surface area contributed by atoms with E-state index in [1.165, 1.54) is 0 Å². The van der Waals surface area contributed by atoms with E-state index in [1.54, 1.807) is 13.8 Å². The maximum atomic E-state index is 12.0. The van der Waals surface area contributed by atoms with Gasteiger partial charge in [0.15, 0.2) is 0 Å². The SMILES string of the molecule is CCOC(=O)c1c(SCC(=O)NC2CCCC2)nc(=O)[nH]c1C. The smallest absolute Gasteiger partial charge is 0.346 e. The average Bonchev–Trinajstić information content (AvgIpc) is 2.97. The van der Waals surface area contributed by atoms with Crippen LogP contribution < -0.4 is 11.0 Å². The zero-order valence-electron chi connectivity index (χ0n) is 13.3. The fourth-order valence-electron chi connectivity index (χ4n) is 2.58. The van der Waals surface area contributed by atoms with Crippen LogP contribution in [0, 0.1) is 6.92 Å². The number of aryl methyl sites for hydroxylation is 1. The van der Waals surface area contributed by atoms with Crippen LogP contribution in [0.5, 0.6) is 0 Å². The Balaban J connectivity index is 2.07. The summed E-state index contributed by atoms with van der Waals surface area (Å²) in [5, 5.41) is 3.19. The largest absolute Gasteiger partial charge is 0.462 e. The summed E-state index contributed by atoms with van der Waals surface area (Å²) in [6, 6.07) is 0.237. The second-order valence-corrected chi connectivity index (χ2v) is 6.37. The highest BCUT2D eigenvalue weighted by atomic mass is 32.2. The van der Waals surface area contributed by atoms with Gasteiger partial charge in [0.05, 0.1) is 12.4 Å². The summed E-state index contributed by atoms with van der Waals surface area (Å²) in [7, 11) is 0. The number of nitrogens with zero attached hydrogens (tertiary/aromatic N) is 1. The minimum atomic E-state index is -0.549. The first-order valence-corrected chi connectivity index (χ1v) is 8.70. The Kier molecular flexibility index (Phi) is 6.20. The van der Waals surface area contributed by atoms with Gasteiger partial charge in [0.2, 0.25) is 5.91 Å². The fraction of sp³-hybridized carbons (Fsp3) is 0.600. The molecule has 1 aliphatic rings. The van der Waals surface area contributed by atoms with E-state index in [-0.39, 0.29) is 34.9 Å².